The first-order chi connectivity index (χ1) is 8.15. The Morgan fingerprint density at radius 2 is 2.06 bits per heavy atom. The Balaban J connectivity index is 2.71. The van der Waals surface area contributed by atoms with Crippen molar-refractivity contribution in [3.8, 4) is 5.75 Å². The third kappa shape index (κ3) is 4.57. The Morgan fingerprint density at radius 3 is 2.71 bits per heavy atom. The third-order valence-corrected chi connectivity index (χ3v) is 2.38. The Bertz CT molecular complexity index is 361. The summed E-state index contributed by atoms with van der Waals surface area (Å²) in [5.74, 6) is 0.841. The number of nitrogens with one attached hydrogen (secondary N) is 1. The van der Waals surface area contributed by atoms with Crippen LogP contribution in [0.4, 0.5) is 0 Å². The smallest absolute Gasteiger partial charge is 0.166 e. The fourth-order valence-corrected chi connectivity index (χ4v) is 1.61. The molecule has 0 atom stereocenters. The molecule has 0 unspecified atom stereocenters. The highest BCUT2D eigenvalue weighted by Gasteiger charge is 2.12. The zero-order chi connectivity index (χ0) is 12.7. The molecule has 1 rings (SSSR count). The predicted molar refractivity (Wildman–Crippen MR) is 69.7 cm³/mol. The summed E-state index contributed by atoms with van der Waals surface area (Å²) in [6.45, 7) is 4.78. The van der Waals surface area contributed by atoms with Crippen LogP contribution in [0.2, 0.25) is 0 Å². The lowest BCUT2D eigenvalue weighted by molar-refractivity contribution is 0.0974. The normalized spacial score (nSPS) is 10.6. The van der Waals surface area contributed by atoms with E-state index < -0.39 is 0 Å². The monoisotopic (exact) mass is 235 g/mol. The molecule has 0 aliphatic heterocycles. The number of carbonyl (C=O) groups excluding carboxylic acids is 1. The fourth-order valence-electron chi connectivity index (χ4n) is 1.61. The molecule has 0 spiro atoms. The van der Waals surface area contributed by atoms with Crippen molar-refractivity contribution in [2.24, 2.45) is 0 Å². The van der Waals surface area contributed by atoms with Gasteiger partial charge in [0.15, 0.2) is 5.78 Å². The van der Waals surface area contributed by atoms with E-state index in [1.54, 1.807) is 0 Å². The van der Waals surface area contributed by atoms with Crippen LogP contribution in [-0.2, 0) is 0 Å². The van der Waals surface area contributed by atoms with Gasteiger partial charge in [-0.05, 0) is 46.0 Å². The quantitative estimate of drug-likeness (QED) is 0.583. The van der Waals surface area contributed by atoms with Gasteiger partial charge in [-0.15, -0.1) is 0 Å². The molecule has 1 aromatic rings. The van der Waals surface area contributed by atoms with Crippen molar-refractivity contribution in [3.63, 3.8) is 0 Å². The largest absolute Gasteiger partial charge is 0.490 e. The third-order valence-electron chi connectivity index (χ3n) is 2.38. The van der Waals surface area contributed by atoms with E-state index in [1.807, 2.05) is 45.2 Å². The van der Waals surface area contributed by atoms with Crippen LogP contribution in [0.15, 0.2) is 24.3 Å². The van der Waals surface area contributed by atoms with Gasteiger partial charge in [0.25, 0.3) is 0 Å². The molecule has 0 aromatic heterocycles. The van der Waals surface area contributed by atoms with Gasteiger partial charge in [-0.25, -0.2) is 0 Å². The molecule has 1 aromatic carbocycles. The second kappa shape index (κ2) is 7.07. The van der Waals surface area contributed by atoms with Crippen LogP contribution >= 0.6 is 0 Å². The van der Waals surface area contributed by atoms with Crippen LogP contribution in [-0.4, -0.2) is 25.5 Å². The Labute approximate surface area is 103 Å². The SMILES string of the molecule is CNCCCC(=O)c1ccccc1OC(C)C. The number of Topliss-reactive ketones (excluding diaryl/α,β-unsaturated/α-hetero) is 1. The maximum Gasteiger partial charge on any atom is 0.166 e. The number of para-hydroxylation sites is 1. The van der Waals surface area contributed by atoms with Crippen molar-refractivity contribution in [3.05, 3.63) is 29.8 Å². The molecule has 0 aliphatic carbocycles. The summed E-state index contributed by atoms with van der Waals surface area (Å²) in [7, 11) is 1.89. The highest BCUT2D eigenvalue weighted by atomic mass is 16.5. The molecule has 0 heterocycles. The number of hydrogen-bond acceptors (Lipinski definition) is 3. The van der Waals surface area contributed by atoms with Gasteiger partial charge < -0.3 is 10.1 Å². The average molecular weight is 235 g/mol. The predicted octanol–water partition coefficient (Wildman–Crippen LogP) is 2.66. The van der Waals surface area contributed by atoms with Crippen LogP contribution in [0.25, 0.3) is 0 Å². The van der Waals surface area contributed by atoms with E-state index in [0.29, 0.717) is 17.7 Å². The Kier molecular flexibility index (Phi) is 5.70. The van der Waals surface area contributed by atoms with Gasteiger partial charge in [0.2, 0.25) is 0 Å². The summed E-state index contributed by atoms with van der Waals surface area (Å²) >= 11 is 0. The standard InChI is InChI=1S/C14H21NO2/c1-11(2)17-14-9-5-4-7-12(14)13(16)8-6-10-15-3/h4-5,7,9,11,15H,6,8,10H2,1-3H3. The summed E-state index contributed by atoms with van der Waals surface area (Å²) < 4.78 is 5.64. The van der Waals surface area contributed by atoms with Crippen molar-refractivity contribution in [1.29, 1.82) is 0 Å². The van der Waals surface area contributed by atoms with Crippen molar-refractivity contribution in [2.45, 2.75) is 32.8 Å². The average Bonchev–Trinajstić information content (AvgIpc) is 2.29. The van der Waals surface area contributed by atoms with E-state index in [1.165, 1.54) is 0 Å². The van der Waals surface area contributed by atoms with Gasteiger partial charge in [0.1, 0.15) is 5.75 Å². The molecule has 0 saturated carbocycles. The number of ether oxygens (including phenoxy) is 1. The van der Waals surface area contributed by atoms with Crippen molar-refractivity contribution in [1.82, 2.24) is 5.32 Å². The summed E-state index contributed by atoms with van der Waals surface area (Å²) in [5.41, 5.74) is 0.692. The molecule has 1 N–H and O–H groups in total. The van der Waals surface area contributed by atoms with Gasteiger partial charge in [-0.2, -0.15) is 0 Å². The molecule has 94 valence electrons. The van der Waals surface area contributed by atoms with E-state index in [2.05, 4.69) is 5.32 Å². The molecule has 0 bridgehead atoms. The first kappa shape index (κ1) is 13.7. The van der Waals surface area contributed by atoms with Crippen molar-refractivity contribution >= 4 is 5.78 Å². The van der Waals surface area contributed by atoms with Crippen molar-refractivity contribution < 1.29 is 9.53 Å². The summed E-state index contributed by atoms with van der Waals surface area (Å²) in [4.78, 5) is 12.0. The molecule has 3 heteroatoms. The molecular weight excluding hydrogens is 214 g/mol. The number of hydrogen-bond donors (Lipinski definition) is 1. The minimum absolute atomic E-state index is 0.0845. The fraction of sp³-hybridized carbons (Fsp3) is 0.500. The lowest BCUT2D eigenvalue weighted by Crippen LogP contribution is -2.12. The van der Waals surface area contributed by atoms with Gasteiger partial charge in [0.05, 0.1) is 11.7 Å². The van der Waals surface area contributed by atoms with Gasteiger partial charge in [-0.1, -0.05) is 12.1 Å². The molecule has 0 saturated heterocycles. The van der Waals surface area contributed by atoms with E-state index in [9.17, 15) is 4.79 Å². The first-order valence-corrected chi connectivity index (χ1v) is 6.08. The zero-order valence-electron chi connectivity index (χ0n) is 10.8. The van der Waals surface area contributed by atoms with Crippen LogP contribution in [0, 0.1) is 0 Å². The summed E-state index contributed by atoms with van der Waals surface area (Å²) in [5, 5.41) is 3.04. The van der Waals surface area contributed by atoms with Crippen LogP contribution in [0.5, 0.6) is 5.75 Å². The highest BCUT2D eigenvalue weighted by molar-refractivity contribution is 5.98. The zero-order valence-corrected chi connectivity index (χ0v) is 10.8. The van der Waals surface area contributed by atoms with Crippen molar-refractivity contribution in [2.75, 3.05) is 13.6 Å². The second-order valence-electron chi connectivity index (χ2n) is 4.29. The van der Waals surface area contributed by atoms with Gasteiger partial charge in [0, 0.05) is 6.42 Å². The first-order valence-electron chi connectivity index (χ1n) is 6.08. The Morgan fingerprint density at radius 1 is 1.35 bits per heavy atom. The topological polar surface area (TPSA) is 38.3 Å². The highest BCUT2D eigenvalue weighted by Crippen LogP contribution is 2.21. The minimum atomic E-state index is 0.0845. The van der Waals surface area contributed by atoms with E-state index >= 15 is 0 Å². The molecule has 0 fully saturated rings. The molecule has 17 heavy (non-hydrogen) atoms. The lowest BCUT2D eigenvalue weighted by Gasteiger charge is -2.13. The molecule has 3 nitrogen and oxygen atoms in total. The Hall–Kier alpha value is -1.35. The maximum atomic E-state index is 12.0. The minimum Gasteiger partial charge on any atom is -0.490 e. The van der Waals surface area contributed by atoms with Gasteiger partial charge >= 0.3 is 0 Å². The molecule has 0 radical (unpaired) electrons. The molecule has 0 aliphatic rings. The number of ketones is 1. The maximum absolute atomic E-state index is 12.0. The van der Waals surface area contributed by atoms with E-state index in [-0.39, 0.29) is 11.9 Å². The van der Waals surface area contributed by atoms with Crippen LogP contribution in [0.3, 0.4) is 0 Å². The molecular formula is C14H21NO2. The number of carbonyl (C=O) groups is 1. The van der Waals surface area contributed by atoms with E-state index in [4.69, 9.17) is 4.74 Å². The number of benzene rings is 1. The summed E-state index contributed by atoms with van der Waals surface area (Å²) in [6, 6.07) is 7.45. The summed E-state index contributed by atoms with van der Waals surface area (Å²) in [6.07, 6.45) is 1.49. The molecule has 0 amide bonds. The number of rotatable bonds is 7. The van der Waals surface area contributed by atoms with E-state index in [0.717, 1.165) is 13.0 Å². The lowest BCUT2D eigenvalue weighted by atomic mass is 10.1. The second-order valence-corrected chi connectivity index (χ2v) is 4.29. The van der Waals surface area contributed by atoms with Crippen LogP contribution in [0.1, 0.15) is 37.0 Å². The van der Waals surface area contributed by atoms with Crippen LogP contribution < -0.4 is 10.1 Å². The van der Waals surface area contributed by atoms with Gasteiger partial charge in [-0.3, -0.25) is 4.79 Å².